The van der Waals surface area contributed by atoms with E-state index in [1.807, 2.05) is 12.1 Å². The number of hydrogen-bond donors (Lipinski definition) is 0. The molecule has 1 aliphatic rings. The van der Waals surface area contributed by atoms with Crippen LogP contribution < -0.4 is 4.74 Å². The van der Waals surface area contributed by atoms with Gasteiger partial charge in [-0.1, -0.05) is 129 Å². The van der Waals surface area contributed by atoms with Crippen LogP contribution in [0.25, 0.3) is 55.4 Å². The number of rotatable bonds is 3. The summed E-state index contributed by atoms with van der Waals surface area (Å²) in [6.07, 6.45) is 0. The number of ether oxygens (including phenoxy) is 1. The van der Waals surface area contributed by atoms with Crippen molar-refractivity contribution in [1.29, 1.82) is 0 Å². The number of fused-ring (bicyclic) bond motifs is 4. The summed E-state index contributed by atoms with van der Waals surface area (Å²) in [6.45, 7) is 4.54. The maximum atomic E-state index is 6.59. The van der Waals surface area contributed by atoms with E-state index in [0.717, 1.165) is 50.3 Å². The Morgan fingerprint density at radius 2 is 1.21 bits per heavy atom. The smallest absolute Gasteiger partial charge is 0.160 e. The Hall–Kier alpha value is -5.28. The molecule has 6 aromatic carbocycles. The van der Waals surface area contributed by atoms with Crippen molar-refractivity contribution in [3.05, 3.63) is 145 Å². The normalized spacial score (nSPS) is 13.4. The second-order valence-corrected chi connectivity index (χ2v) is 11.4. The predicted molar refractivity (Wildman–Crippen MR) is 172 cm³/mol. The van der Waals surface area contributed by atoms with Gasteiger partial charge in [-0.05, 0) is 34.5 Å². The number of benzene rings is 6. The SMILES string of the molecule is CC1(C)c2ccccc2Oc2c(-c3cccc(-c4nc(-c5cccc6ccccc56)c5ccccc5n4)c3)cccc21. The summed E-state index contributed by atoms with van der Waals surface area (Å²) in [4.78, 5) is 10.3. The minimum absolute atomic E-state index is 0.174. The summed E-state index contributed by atoms with van der Waals surface area (Å²) < 4.78 is 6.59. The highest BCUT2D eigenvalue weighted by molar-refractivity contribution is 6.03. The Labute approximate surface area is 245 Å². The first-order chi connectivity index (χ1) is 20.6. The molecule has 0 atom stereocenters. The van der Waals surface area contributed by atoms with Crippen LogP contribution in [0.5, 0.6) is 11.5 Å². The molecule has 3 heteroatoms. The fourth-order valence-electron chi connectivity index (χ4n) is 6.36. The van der Waals surface area contributed by atoms with Crippen molar-refractivity contribution in [3.8, 4) is 45.3 Å². The highest BCUT2D eigenvalue weighted by Crippen LogP contribution is 2.51. The summed E-state index contributed by atoms with van der Waals surface area (Å²) in [6, 6.07) is 46.5. The van der Waals surface area contributed by atoms with Crippen LogP contribution >= 0.6 is 0 Å². The maximum Gasteiger partial charge on any atom is 0.160 e. The van der Waals surface area contributed by atoms with Gasteiger partial charge in [-0.25, -0.2) is 9.97 Å². The van der Waals surface area contributed by atoms with Crippen LogP contribution in [-0.2, 0) is 5.41 Å². The van der Waals surface area contributed by atoms with Crippen LogP contribution in [0, 0.1) is 0 Å². The number of nitrogens with zero attached hydrogens (tertiary/aromatic N) is 2. The van der Waals surface area contributed by atoms with Crippen LogP contribution in [-0.4, -0.2) is 9.97 Å². The number of para-hydroxylation sites is 3. The van der Waals surface area contributed by atoms with Crippen LogP contribution in [0.4, 0.5) is 0 Å². The third-order valence-corrected chi connectivity index (χ3v) is 8.54. The fourth-order valence-corrected chi connectivity index (χ4v) is 6.36. The largest absolute Gasteiger partial charge is 0.456 e. The molecule has 0 fully saturated rings. The lowest BCUT2D eigenvalue weighted by Gasteiger charge is -2.35. The zero-order valence-electron chi connectivity index (χ0n) is 23.5. The monoisotopic (exact) mass is 540 g/mol. The Balaban J connectivity index is 1.30. The van der Waals surface area contributed by atoms with Gasteiger partial charge in [0.15, 0.2) is 5.82 Å². The van der Waals surface area contributed by atoms with Crippen molar-refractivity contribution in [2.24, 2.45) is 0 Å². The van der Waals surface area contributed by atoms with Crippen LogP contribution in [0.15, 0.2) is 133 Å². The lowest BCUT2D eigenvalue weighted by Crippen LogP contribution is -2.24. The van der Waals surface area contributed by atoms with Gasteiger partial charge in [0.2, 0.25) is 0 Å². The van der Waals surface area contributed by atoms with Crippen molar-refractivity contribution < 1.29 is 4.74 Å². The maximum absolute atomic E-state index is 6.59. The lowest BCUT2D eigenvalue weighted by molar-refractivity contribution is 0.419. The molecular weight excluding hydrogens is 512 g/mol. The molecule has 3 nitrogen and oxygen atoms in total. The minimum Gasteiger partial charge on any atom is -0.456 e. The minimum atomic E-state index is -0.174. The van der Waals surface area contributed by atoms with E-state index in [2.05, 4.69) is 135 Å². The molecule has 0 bridgehead atoms. The van der Waals surface area contributed by atoms with Crippen LogP contribution in [0.2, 0.25) is 0 Å². The first kappa shape index (κ1) is 24.5. The molecule has 42 heavy (non-hydrogen) atoms. The number of aromatic nitrogens is 2. The van der Waals surface area contributed by atoms with Gasteiger partial charge in [-0.2, -0.15) is 0 Å². The molecule has 0 saturated carbocycles. The van der Waals surface area contributed by atoms with Crippen LogP contribution in [0.1, 0.15) is 25.0 Å². The van der Waals surface area contributed by atoms with Crippen molar-refractivity contribution in [3.63, 3.8) is 0 Å². The molecule has 200 valence electrons. The Morgan fingerprint density at radius 3 is 2.14 bits per heavy atom. The number of hydrogen-bond acceptors (Lipinski definition) is 3. The molecule has 0 saturated heterocycles. The van der Waals surface area contributed by atoms with Gasteiger partial charge in [0, 0.05) is 38.6 Å². The highest BCUT2D eigenvalue weighted by atomic mass is 16.5. The molecule has 0 N–H and O–H groups in total. The zero-order valence-corrected chi connectivity index (χ0v) is 23.5. The first-order valence-electron chi connectivity index (χ1n) is 14.3. The van der Waals surface area contributed by atoms with E-state index in [-0.39, 0.29) is 5.41 Å². The average molecular weight is 541 g/mol. The van der Waals surface area contributed by atoms with Gasteiger partial charge >= 0.3 is 0 Å². The van der Waals surface area contributed by atoms with Gasteiger partial charge in [0.1, 0.15) is 11.5 Å². The van der Waals surface area contributed by atoms with E-state index >= 15 is 0 Å². The van der Waals surface area contributed by atoms with E-state index in [9.17, 15) is 0 Å². The summed E-state index contributed by atoms with van der Waals surface area (Å²) in [5.74, 6) is 2.53. The van der Waals surface area contributed by atoms with E-state index < -0.39 is 0 Å². The van der Waals surface area contributed by atoms with E-state index in [4.69, 9.17) is 14.7 Å². The average Bonchev–Trinajstić information content (AvgIpc) is 3.04. The molecule has 0 amide bonds. The summed E-state index contributed by atoms with van der Waals surface area (Å²) >= 11 is 0. The fraction of sp³-hybridized carbons (Fsp3) is 0.0769. The molecule has 0 spiro atoms. The van der Waals surface area contributed by atoms with Gasteiger partial charge in [0.05, 0.1) is 11.2 Å². The van der Waals surface area contributed by atoms with Gasteiger partial charge in [0.25, 0.3) is 0 Å². The topological polar surface area (TPSA) is 35.0 Å². The third-order valence-electron chi connectivity index (χ3n) is 8.54. The van der Waals surface area contributed by atoms with Gasteiger partial charge < -0.3 is 4.74 Å². The molecule has 0 unspecified atom stereocenters. The van der Waals surface area contributed by atoms with Crippen molar-refractivity contribution >= 4 is 21.7 Å². The molecular formula is C39H28N2O. The molecule has 7 aromatic rings. The molecule has 0 aliphatic carbocycles. The Bertz CT molecular complexity index is 2160. The lowest BCUT2D eigenvalue weighted by atomic mass is 9.75. The van der Waals surface area contributed by atoms with E-state index in [1.165, 1.54) is 21.9 Å². The molecule has 0 radical (unpaired) electrons. The molecule has 1 aromatic heterocycles. The van der Waals surface area contributed by atoms with Crippen molar-refractivity contribution in [2.75, 3.05) is 0 Å². The van der Waals surface area contributed by atoms with Crippen molar-refractivity contribution in [1.82, 2.24) is 9.97 Å². The first-order valence-corrected chi connectivity index (χ1v) is 14.3. The second kappa shape index (κ2) is 9.39. The Kier molecular flexibility index (Phi) is 5.48. The van der Waals surface area contributed by atoms with Gasteiger partial charge in [-0.15, -0.1) is 0 Å². The van der Waals surface area contributed by atoms with Crippen molar-refractivity contribution in [2.45, 2.75) is 19.3 Å². The third kappa shape index (κ3) is 3.82. The second-order valence-electron chi connectivity index (χ2n) is 11.4. The molecule has 2 heterocycles. The summed E-state index contributed by atoms with van der Waals surface area (Å²) in [5, 5.41) is 3.42. The highest BCUT2D eigenvalue weighted by Gasteiger charge is 2.35. The van der Waals surface area contributed by atoms with Crippen LogP contribution in [0.3, 0.4) is 0 Å². The predicted octanol–water partition coefficient (Wildman–Crippen LogP) is 10.2. The molecule has 1 aliphatic heterocycles. The van der Waals surface area contributed by atoms with E-state index in [1.54, 1.807) is 0 Å². The summed E-state index contributed by atoms with van der Waals surface area (Å²) in [5.41, 5.74) is 8.29. The standard InChI is InChI=1S/C39H28N2O/c1-39(2)32-20-6-8-23-35(32)42-37-29(18-11-21-33(37)39)26-14-9-15-27(24-26)38-40-34-22-7-5-17-31(34)36(41-38)30-19-10-13-25-12-3-4-16-28(25)30/h3-24H,1-2H3. The molecule has 8 rings (SSSR count). The summed E-state index contributed by atoms with van der Waals surface area (Å²) in [7, 11) is 0. The zero-order chi connectivity index (χ0) is 28.3. The van der Waals surface area contributed by atoms with E-state index in [0.29, 0.717) is 5.82 Å². The Morgan fingerprint density at radius 1 is 0.548 bits per heavy atom. The quantitative estimate of drug-likeness (QED) is 0.224. The van der Waals surface area contributed by atoms with Gasteiger partial charge in [-0.3, -0.25) is 0 Å².